The molecule has 0 radical (unpaired) electrons. The monoisotopic (exact) mass is 304 g/mol. The lowest BCUT2D eigenvalue weighted by Gasteiger charge is -2.15. The van der Waals surface area contributed by atoms with Crippen molar-refractivity contribution >= 4 is 23.0 Å². The molecule has 2 N–H and O–H groups in total. The van der Waals surface area contributed by atoms with Crippen molar-refractivity contribution < 1.29 is 0 Å². The Kier molecular flexibility index (Phi) is 5.56. The van der Waals surface area contributed by atoms with Crippen molar-refractivity contribution in [1.29, 1.82) is 0 Å². The lowest BCUT2D eigenvalue weighted by molar-refractivity contribution is 0.782. The zero-order valence-corrected chi connectivity index (χ0v) is 14.0. The first kappa shape index (κ1) is 15.8. The van der Waals surface area contributed by atoms with Gasteiger partial charge in [0.1, 0.15) is 17.5 Å². The summed E-state index contributed by atoms with van der Waals surface area (Å²) in [5.41, 5.74) is 0. The highest BCUT2D eigenvalue weighted by molar-refractivity contribution is 7.11. The highest BCUT2D eigenvalue weighted by Crippen LogP contribution is 2.19. The largest absolute Gasteiger partial charge is 0.373 e. The van der Waals surface area contributed by atoms with Gasteiger partial charge in [0.25, 0.3) is 0 Å². The standard InChI is InChI=1S/C16H24N4S/c1-5-6-14-19-15(17-4)10-16(20-14)18-11(2)9-13-8-7-12(3)21-13/h7-8,10-11H,5-6,9H2,1-4H3,(H2,17,18,19,20). The van der Waals surface area contributed by atoms with Crippen LogP contribution in [0.15, 0.2) is 18.2 Å². The predicted molar refractivity (Wildman–Crippen MR) is 91.4 cm³/mol. The van der Waals surface area contributed by atoms with Gasteiger partial charge < -0.3 is 10.6 Å². The Morgan fingerprint density at radius 2 is 2.00 bits per heavy atom. The number of thiophene rings is 1. The fourth-order valence-corrected chi connectivity index (χ4v) is 3.25. The Labute approximate surface area is 131 Å². The van der Waals surface area contributed by atoms with Crippen molar-refractivity contribution in [3.8, 4) is 0 Å². The van der Waals surface area contributed by atoms with E-state index in [0.29, 0.717) is 6.04 Å². The van der Waals surface area contributed by atoms with Gasteiger partial charge in [-0.25, -0.2) is 9.97 Å². The zero-order chi connectivity index (χ0) is 15.2. The maximum absolute atomic E-state index is 4.60. The third-order valence-corrected chi connectivity index (χ3v) is 4.22. The number of hydrogen-bond acceptors (Lipinski definition) is 5. The number of anilines is 2. The molecule has 4 nitrogen and oxygen atoms in total. The second-order valence-corrected chi connectivity index (χ2v) is 6.69. The van der Waals surface area contributed by atoms with Crippen molar-refractivity contribution in [2.75, 3.05) is 17.7 Å². The molecule has 0 fully saturated rings. The molecule has 2 rings (SSSR count). The van der Waals surface area contributed by atoms with E-state index in [1.54, 1.807) is 0 Å². The summed E-state index contributed by atoms with van der Waals surface area (Å²) in [5.74, 6) is 2.67. The number of rotatable bonds is 7. The summed E-state index contributed by atoms with van der Waals surface area (Å²) >= 11 is 1.86. The number of hydrogen-bond donors (Lipinski definition) is 2. The first-order valence-electron chi connectivity index (χ1n) is 7.48. The topological polar surface area (TPSA) is 49.8 Å². The summed E-state index contributed by atoms with van der Waals surface area (Å²) in [5, 5.41) is 6.59. The first-order chi connectivity index (χ1) is 10.1. The van der Waals surface area contributed by atoms with Crippen molar-refractivity contribution in [3.05, 3.63) is 33.8 Å². The average Bonchev–Trinajstić information content (AvgIpc) is 2.83. The van der Waals surface area contributed by atoms with E-state index in [9.17, 15) is 0 Å². The second-order valence-electron chi connectivity index (χ2n) is 5.32. The summed E-state index contributed by atoms with van der Waals surface area (Å²) in [7, 11) is 1.89. The second kappa shape index (κ2) is 7.41. The molecule has 0 aliphatic carbocycles. The molecule has 1 atom stereocenters. The zero-order valence-electron chi connectivity index (χ0n) is 13.2. The van der Waals surface area contributed by atoms with Gasteiger partial charge in [-0.2, -0.15) is 0 Å². The molecule has 0 bridgehead atoms. The third-order valence-electron chi connectivity index (χ3n) is 3.20. The summed E-state index contributed by atoms with van der Waals surface area (Å²) < 4.78 is 0. The van der Waals surface area contributed by atoms with Crippen LogP contribution >= 0.6 is 11.3 Å². The smallest absolute Gasteiger partial charge is 0.133 e. The molecular weight excluding hydrogens is 280 g/mol. The molecule has 1 unspecified atom stereocenters. The fourth-order valence-electron chi connectivity index (χ4n) is 2.23. The molecule has 0 saturated heterocycles. The summed E-state index contributed by atoms with van der Waals surface area (Å²) in [6.07, 6.45) is 2.97. The fraction of sp³-hybridized carbons (Fsp3) is 0.500. The summed E-state index contributed by atoms with van der Waals surface area (Å²) in [6.45, 7) is 6.48. The Balaban J connectivity index is 2.05. The molecule has 21 heavy (non-hydrogen) atoms. The van der Waals surface area contributed by atoms with Crippen LogP contribution in [-0.4, -0.2) is 23.1 Å². The van der Waals surface area contributed by atoms with Crippen molar-refractivity contribution in [3.63, 3.8) is 0 Å². The van der Waals surface area contributed by atoms with E-state index < -0.39 is 0 Å². The number of aromatic nitrogens is 2. The minimum Gasteiger partial charge on any atom is -0.373 e. The summed E-state index contributed by atoms with van der Waals surface area (Å²) in [6, 6.07) is 6.70. The minimum atomic E-state index is 0.345. The molecule has 5 heteroatoms. The Morgan fingerprint density at radius 3 is 2.62 bits per heavy atom. The molecule has 2 aromatic rings. The average molecular weight is 304 g/mol. The molecule has 2 heterocycles. The van der Waals surface area contributed by atoms with E-state index in [2.05, 4.69) is 53.5 Å². The number of nitrogens with zero attached hydrogens (tertiary/aromatic N) is 2. The molecule has 0 amide bonds. The lowest BCUT2D eigenvalue weighted by Crippen LogP contribution is -2.19. The van der Waals surface area contributed by atoms with Gasteiger partial charge in [-0.05, 0) is 32.4 Å². The highest BCUT2D eigenvalue weighted by Gasteiger charge is 2.09. The SMILES string of the molecule is CCCc1nc(NC)cc(NC(C)Cc2ccc(C)s2)n1. The van der Waals surface area contributed by atoms with E-state index in [0.717, 1.165) is 36.7 Å². The van der Waals surface area contributed by atoms with E-state index >= 15 is 0 Å². The molecule has 0 saturated carbocycles. The van der Waals surface area contributed by atoms with E-state index in [4.69, 9.17) is 0 Å². The van der Waals surface area contributed by atoms with E-state index in [-0.39, 0.29) is 0 Å². The minimum absolute atomic E-state index is 0.345. The Morgan fingerprint density at radius 1 is 1.24 bits per heavy atom. The molecule has 0 aliphatic heterocycles. The van der Waals surface area contributed by atoms with Crippen LogP contribution in [-0.2, 0) is 12.8 Å². The van der Waals surface area contributed by atoms with E-state index in [1.165, 1.54) is 9.75 Å². The van der Waals surface area contributed by atoms with Crippen LogP contribution in [0.25, 0.3) is 0 Å². The lowest BCUT2D eigenvalue weighted by atomic mass is 10.2. The van der Waals surface area contributed by atoms with Gasteiger partial charge in [-0.1, -0.05) is 6.92 Å². The first-order valence-corrected chi connectivity index (χ1v) is 8.30. The summed E-state index contributed by atoms with van der Waals surface area (Å²) in [4.78, 5) is 11.8. The quantitative estimate of drug-likeness (QED) is 0.815. The van der Waals surface area contributed by atoms with Crippen LogP contribution in [0.5, 0.6) is 0 Å². The molecule has 0 aliphatic rings. The maximum Gasteiger partial charge on any atom is 0.133 e. The van der Waals surface area contributed by atoms with Crippen LogP contribution in [0.4, 0.5) is 11.6 Å². The molecule has 2 aromatic heterocycles. The molecule has 114 valence electrons. The Bertz CT molecular complexity index is 579. The Hall–Kier alpha value is -1.62. The normalized spacial score (nSPS) is 12.2. The number of aryl methyl sites for hydroxylation is 2. The van der Waals surface area contributed by atoms with Gasteiger partial charge in [0.05, 0.1) is 0 Å². The van der Waals surface area contributed by atoms with Crippen LogP contribution in [0.2, 0.25) is 0 Å². The van der Waals surface area contributed by atoms with Gasteiger partial charge in [-0.15, -0.1) is 11.3 Å². The van der Waals surface area contributed by atoms with Crippen molar-refractivity contribution in [1.82, 2.24) is 9.97 Å². The maximum atomic E-state index is 4.60. The van der Waals surface area contributed by atoms with Crippen LogP contribution in [0.3, 0.4) is 0 Å². The van der Waals surface area contributed by atoms with Crippen LogP contribution in [0, 0.1) is 6.92 Å². The number of nitrogens with one attached hydrogen (secondary N) is 2. The van der Waals surface area contributed by atoms with Crippen molar-refractivity contribution in [2.45, 2.75) is 46.1 Å². The third kappa shape index (κ3) is 4.70. The molecule has 0 aromatic carbocycles. The van der Waals surface area contributed by atoms with E-state index in [1.807, 2.05) is 24.5 Å². The van der Waals surface area contributed by atoms with Gasteiger partial charge >= 0.3 is 0 Å². The van der Waals surface area contributed by atoms with Crippen LogP contribution < -0.4 is 10.6 Å². The van der Waals surface area contributed by atoms with Crippen molar-refractivity contribution in [2.24, 2.45) is 0 Å². The predicted octanol–water partition coefficient (Wildman–Crippen LogP) is 3.88. The van der Waals surface area contributed by atoms with Gasteiger partial charge in [0.15, 0.2) is 0 Å². The highest BCUT2D eigenvalue weighted by atomic mass is 32.1. The van der Waals surface area contributed by atoms with Crippen LogP contribution in [0.1, 0.15) is 35.8 Å². The van der Waals surface area contributed by atoms with Gasteiger partial charge in [0.2, 0.25) is 0 Å². The van der Waals surface area contributed by atoms with Gasteiger partial charge in [0, 0.05) is 41.8 Å². The van der Waals surface area contributed by atoms with Gasteiger partial charge in [-0.3, -0.25) is 0 Å². The molecular formula is C16H24N4S. The molecule has 0 spiro atoms.